The lowest BCUT2D eigenvalue weighted by Crippen LogP contribution is -2.40. The summed E-state index contributed by atoms with van der Waals surface area (Å²) in [5.74, 6) is -3.38. The van der Waals surface area contributed by atoms with Gasteiger partial charge in [0, 0.05) is 24.4 Å². The summed E-state index contributed by atoms with van der Waals surface area (Å²) in [6.45, 7) is 0.957. The first kappa shape index (κ1) is 18.6. The van der Waals surface area contributed by atoms with Gasteiger partial charge in [-0.05, 0) is 12.1 Å². The van der Waals surface area contributed by atoms with Crippen LogP contribution in [0.4, 0.5) is 8.78 Å². The maximum Gasteiger partial charge on any atom is 0.262 e. The number of carbonyl (C=O) groups is 1. The van der Waals surface area contributed by atoms with E-state index in [0.717, 1.165) is 11.3 Å². The number of carbonyl (C=O) groups excluding carboxylic acids is 1. The molecular weight excluding hydrogens is 376 g/mol. The van der Waals surface area contributed by atoms with Gasteiger partial charge in [-0.25, -0.2) is 17.2 Å². The fourth-order valence-corrected chi connectivity index (χ4v) is 5.56. The van der Waals surface area contributed by atoms with Crippen LogP contribution in [0, 0.1) is 0 Å². The van der Waals surface area contributed by atoms with Crippen molar-refractivity contribution in [3.05, 3.63) is 17.0 Å². The van der Waals surface area contributed by atoms with E-state index < -0.39 is 40.9 Å². The van der Waals surface area contributed by atoms with Gasteiger partial charge >= 0.3 is 0 Å². The van der Waals surface area contributed by atoms with E-state index >= 15 is 0 Å². The summed E-state index contributed by atoms with van der Waals surface area (Å²) in [5, 5.41) is 5.05. The third-order valence-electron chi connectivity index (χ3n) is 4.06. The number of hydrogen-bond acceptors (Lipinski definition) is 6. The number of halogens is 2. The van der Waals surface area contributed by atoms with Crippen molar-refractivity contribution >= 4 is 27.3 Å². The Kier molecular flexibility index (Phi) is 5.40. The van der Waals surface area contributed by atoms with Crippen molar-refractivity contribution in [3.8, 4) is 0 Å². The zero-order valence-corrected chi connectivity index (χ0v) is 15.0. The first-order valence-corrected chi connectivity index (χ1v) is 10.1. The molecule has 2 fully saturated rings. The highest BCUT2D eigenvalue weighted by Gasteiger charge is 2.42. The molecule has 1 aromatic rings. The first-order chi connectivity index (χ1) is 11.8. The van der Waals surface area contributed by atoms with Gasteiger partial charge in [0.25, 0.3) is 15.9 Å². The molecule has 1 amide bonds. The lowest BCUT2D eigenvalue weighted by molar-refractivity contribution is -0.123. The van der Waals surface area contributed by atoms with Crippen LogP contribution in [0.5, 0.6) is 0 Å². The van der Waals surface area contributed by atoms with E-state index in [4.69, 9.17) is 4.74 Å². The molecule has 2 aliphatic rings. The molecule has 2 saturated heterocycles. The summed E-state index contributed by atoms with van der Waals surface area (Å²) < 4.78 is 58.0. The van der Waals surface area contributed by atoms with Crippen molar-refractivity contribution in [3.63, 3.8) is 0 Å². The Morgan fingerprint density at radius 1 is 1.40 bits per heavy atom. The molecule has 1 atom stereocenters. The number of morpholine rings is 1. The van der Waals surface area contributed by atoms with E-state index in [9.17, 15) is 22.0 Å². The summed E-state index contributed by atoms with van der Waals surface area (Å²) in [6, 6.07) is 2.19. The molecule has 2 aliphatic heterocycles. The number of nitrogens with zero attached hydrogens (tertiary/aromatic N) is 1. The minimum atomic E-state index is -3.56. The average molecular weight is 395 g/mol. The summed E-state index contributed by atoms with van der Waals surface area (Å²) >= 11 is 1.06. The highest BCUT2D eigenvalue weighted by atomic mass is 32.2. The van der Waals surface area contributed by atoms with Crippen LogP contribution in [-0.2, 0) is 26.1 Å². The van der Waals surface area contributed by atoms with Crippen molar-refractivity contribution in [2.75, 3.05) is 32.8 Å². The van der Waals surface area contributed by atoms with Crippen LogP contribution in [0.25, 0.3) is 0 Å². The number of nitrogens with one attached hydrogen (secondary N) is 2. The molecule has 140 valence electrons. The van der Waals surface area contributed by atoms with Gasteiger partial charge in [-0.2, -0.15) is 4.31 Å². The summed E-state index contributed by atoms with van der Waals surface area (Å²) in [5.41, 5.74) is 0. The maximum atomic E-state index is 13.1. The van der Waals surface area contributed by atoms with Gasteiger partial charge < -0.3 is 10.1 Å². The molecular formula is C14H19F2N3O4S2. The Bertz CT molecular complexity index is 732. The largest absolute Gasteiger partial charge is 0.379 e. The summed E-state index contributed by atoms with van der Waals surface area (Å²) in [4.78, 5) is 12.6. The molecule has 3 rings (SSSR count). The quantitative estimate of drug-likeness (QED) is 0.753. The Morgan fingerprint density at radius 3 is 2.76 bits per heavy atom. The number of thiophene rings is 1. The minimum absolute atomic E-state index is 0.103. The molecule has 25 heavy (non-hydrogen) atoms. The Hall–Kier alpha value is -1.14. The molecule has 11 heteroatoms. The molecule has 0 spiro atoms. The first-order valence-electron chi connectivity index (χ1n) is 7.83. The molecule has 2 N–H and O–H groups in total. The predicted molar refractivity (Wildman–Crippen MR) is 87.1 cm³/mol. The van der Waals surface area contributed by atoms with Crippen molar-refractivity contribution in [1.29, 1.82) is 0 Å². The zero-order valence-electron chi connectivity index (χ0n) is 13.3. The highest BCUT2D eigenvalue weighted by molar-refractivity contribution is 7.91. The maximum absolute atomic E-state index is 13.1. The van der Waals surface area contributed by atoms with Crippen LogP contribution in [0.3, 0.4) is 0 Å². The molecule has 0 aromatic carbocycles. The van der Waals surface area contributed by atoms with Gasteiger partial charge in [0.15, 0.2) is 0 Å². The Labute approximate surface area is 148 Å². The van der Waals surface area contributed by atoms with Crippen LogP contribution in [0.1, 0.15) is 11.3 Å². The molecule has 0 bridgehead atoms. The Morgan fingerprint density at radius 2 is 2.12 bits per heavy atom. The SMILES string of the molecule is O=C(NCc1ccc(S(=O)(=O)N2CCOCC2)s1)C1CC(F)(F)CN1. The van der Waals surface area contributed by atoms with E-state index in [1.807, 2.05) is 0 Å². The van der Waals surface area contributed by atoms with Crippen molar-refractivity contribution in [2.45, 2.75) is 29.1 Å². The van der Waals surface area contributed by atoms with Crippen molar-refractivity contribution in [1.82, 2.24) is 14.9 Å². The van der Waals surface area contributed by atoms with Gasteiger partial charge in [0.05, 0.1) is 32.3 Å². The molecule has 0 saturated carbocycles. The van der Waals surface area contributed by atoms with Gasteiger partial charge in [-0.15, -0.1) is 11.3 Å². The van der Waals surface area contributed by atoms with Crippen LogP contribution in [-0.4, -0.2) is 63.4 Å². The van der Waals surface area contributed by atoms with E-state index in [-0.39, 0.29) is 10.8 Å². The van der Waals surface area contributed by atoms with Crippen LogP contribution >= 0.6 is 11.3 Å². The fraction of sp³-hybridized carbons (Fsp3) is 0.643. The zero-order chi connectivity index (χ0) is 18.1. The summed E-state index contributed by atoms with van der Waals surface area (Å²) in [6.07, 6.45) is -0.528. The molecule has 0 aliphatic carbocycles. The molecule has 0 radical (unpaired) electrons. The van der Waals surface area contributed by atoms with Crippen LogP contribution < -0.4 is 10.6 Å². The lowest BCUT2D eigenvalue weighted by Gasteiger charge is -2.25. The number of ether oxygens (including phenoxy) is 1. The average Bonchev–Trinajstić information content (AvgIpc) is 3.20. The number of amides is 1. The van der Waals surface area contributed by atoms with Crippen molar-refractivity contribution < 1.29 is 26.7 Å². The lowest BCUT2D eigenvalue weighted by atomic mass is 10.2. The van der Waals surface area contributed by atoms with E-state index in [1.54, 1.807) is 6.07 Å². The normalized spacial score (nSPS) is 24.3. The summed E-state index contributed by atoms with van der Waals surface area (Å²) in [7, 11) is -3.56. The highest BCUT2D eigenvalue weighted by Crippen LogP contribution is 2.27. The second kappa shape index (κ2) is 7.23. The molecule has 1 aromatic heterocycles. The van der Waals surface area contributed by atoms with Gasteiger partial charge in [-0.1, -0.05) is 0 Å². The number of sulfonamides is 1. The second-order valence-electron chi connectivity index (χ2n) is 5.95. The number of alkyl halides is 2. The van der Waals surface area contributed by atoms with E-state index in [1.165, 1.54) is 10.4 Å². The second-order valence-corrected chi connectivity index (χ2v) is 9.28. The van der Waals surface area contributed by atoms with Gasteiger partial charge in [-0.3, -0.25) is 10.1 Å². The minimum Gasteiger partial charge on any atom is -0.379 e. The number of hydrogen-bond donors (Lipinski definition) is 2. The standard InChI is InChI=1S/C14H19F2N3O4S2/c15-14(16)7-11(18-9-14)13(20)17-8-10-1-2-12(24-10)25(21,22)19-3-5-23-6-4-19/h1-2,11,18H,3-9H2,(H,17,20). The smallest absolute Gasteiger partial charge is 0.262 e. The molecule has 3 heterocycles. The van der Waals surface area contributed by atoms with Gasteiger partial charge in [0.1, 0.15) is 4.21 Å². The molecule has 1 unspecified atom stereocenters. The third kappa shape index (κ3) is 4.34. The fourth-order valence-electron chi connectivity index (χ4n) is 2.70. The van der Waals surface area contributed by atoms with E-state index in [0.29, 0.717) is 31.2 Å². The number of rotatable bonds is 5. The van der Waals surface area contributed by atoms with Crippen LogP contribution in [0.2, 0.25) is 0 Å². The van der Waals surface area contributed by atoms with Crippen molar-refractivity contribution in [2.24, 2.45) is 0 Å². The Balaban J connectivity index is 1.57. The predicted octanol–water partition coefficient (Wildman–Crippen LogP) is 0.382. The third-order valence-corrected chi connectivity index (χ3v) is 7.52. The topological polar surface area (TPSA) is 87.7 Å². The van der Waals surface area contributed by atoms with E-state index in [2.05, 4.69) is 10.6 Å². The van der Waals surface area contributed by atoms with Crippen LogP contribution in [0.15, 0.2) is 16.3 Å². The monoisotopic (exact) mass is 395 g/mol. The molecule has 7 nitrogen and oxygen atoms in total. The van der Waals surface area contributed by atoms with Gasteiger partial charge in [0.2, 0.25) is 5.91 Å².